The zero-order valence-electron chi connectivity index (χ0n) is 13.8. The number of pyridine rings is 1. The van der Waals surface area contributed by atoms with Gasteiger partial charge in [-0.05, 0) is 40.0 Å². The van der Waals surface area contributed by atoms with Gasteiger partial charge in [-0.1, -0.05) is 0 Å². The molecule has 1 aliphatic heterocycles. The molecule has 0 amide bonds. The van der Waals surface area contributed by atoms with Gasteiger partial charge in [-0.2, -0.15) is 0 Å². The molecule has 2 aromatic heterocycles. The Labute approximate surface area is 135 Å². The van der Waals surface area contributed by atoms with Gasteiger partial charge in [-0.25, -0.2) is 4.98 Å². The molecule has 5 heteroatoms. The van der Waals surface area contributed by atoms with E-state index in [1.165, 1.54) is 0 Å². The minimum absolute atomic E-state index is 0.00960. The molecule has 3 heterocycles. The van der Waals surface area contributed by atoms with Gasteiger partial charge in [0.15, 0.2) is 6.29 Å². The molecule has 2 unspecified atom stereocenters. The van der Waals surface area contributed by atoms with Gasteiger partial charge in [0.25, 0.3) is 0 Å². The fraction of sp³-hybridized carbons (Fsp3) is 0.556. The van der Waals surface area contributed by atoms with Crippen LogP contribution in [0.25, 0.3) is 5.65 Å². The number of aldehydes is 1. The van der Waals surface area contributed by atoms with Gasteiger partial charge in [-0.15, -0.1) is 0 Å². The lowest BCUT2D eigenvalue weighted by Crippen LogP contribution is -2.26. The van der Waals surface area contributed by atoms with Gasteiger partial charge in [-0.3, -0.25) is 4.79 Å². The van der Waals surface area contributed by atoms with Crippen LogP contribution in [0.2, 0.25) is 0 Å². The molecule has 1 saturated heterocycles. The molecular weight excluding hydrogens is 292 g/mol. The highest BCUT2D eigenvalue weighted by Gasteiger charge is 2.55. The first-order chi connectivity index (χ1) is 10.9. The number of rotatable bonds is 4. The van der Waals surface area contributed by atoms with Crippen molar-refractivity contribution in [3.05, 3.63) is 29.7 Å². The zero-order chi connectivity index (χ0) is 16.2. The number of imidazole rings is 1. The Bertz CT molecular complexity index is 770. The fourth-order valence-corrected chi connectivity index (χ4v) is 3.98. The van der Waals surface area contributed by atoms with Crippen LogP contribution in [0.15, 0.2) is 18.5 Å². The summed E-state index contributed by atoms with van der Waals surface area (Å²) in [7, 11) is 0. The van der Waals surface area contributed by atoms with Crippen LogP contribution in [-0.2, 0) is 10.2 Å². The van der Waals surface area contributed by atoms with Gasteiger partial charge < -0.3 is 13.9 Å². The Morgan fingerprint density at radius 1 is 1.39 bits per heavy atom. The lowest BCUT2D eigenvalue weighted by molar-refractivity contribution is -0.00627. The van der Waals surface area contributed by atoms with E-state index >= 15 is 0 Å². The minimum Gasteiger partial charge on any atom is -0.490 e. The molecule has 0 aromatic carbocycles. The Balaban J connectivity index is 1.78. The van der Waals surface area contributed by atoms with Crippen molar-refractivity contribution in [2.75, 3.05) is 6.61 Å². The number of hydrogen-bond donors (Lipinski definition) is 0. The van der Waals surface area contributed by atoms with Crippen molar-refractivity contribution < 1.29 is 14.3 Å². The normalized spacial score (nSPS) is 29.6. The third kappa shape index (κ3) is 2.26. The highest BCUT2D eigenvalue weighted by Crippen LogP contribution is 2.53. The molecule has 122 valence electrons. The maximum atomic E-state index is 11.3. The smallest absolute Gasteiger partial charge is 0.155 e. The van der Waals surface area contributed by atoms with Gasteiger partial charge in [0.05, 0.1) is 29.6 Å². The van der Waals surface area contributed by atoms with Gasteiger partial charge in [0, 0.05) is 23.9 Å². The van der Waals surface area contributed by atoms with Crippen LogP contribution in [0.3, 0.4) is 0 Å². The van der Waals surface area contributed by atoms with Gasteiger partial charge in [0.1, 0.15) is 11.4 Å². The van der Waals surface area contributed by atoms with E-state index in [1.807, 2.05) is 30.5 Å². The maximum Gasteiger partial charge on any atom is 0.155 e. The molecule has 5 nitrogen and oxygen atoms in total. The summed E-state index contributed by atoms with van der Waals surface area (Å²) in [4.78, 5) is 16.2. The number of fused-ring (bicyclic) bond motifs is 3. The van der Waals surface area contributed by atoms with Crippen molar-refractivity contribution >= 4 is 11.9 Å². The molecule has 2 atom stereocenters. The predicted octanol–water partition coefficient (Wildman–Crippen LogP) is 3.14. The van der Waals surface area contributed by atoms with Crippen molar-refractivity contribution in [1.29, 1.82) is 0 Å². The molecule has 1 aliphatic carbocycles. The van der Waals surface area contributed by atoms with E-state index in [1.54, 1.807) is 6.20 Å². The second-order valence-corrected chi connectivity index (χ2v) is 7.46. The summed E-state index contributed by atoms with van der Waals surface area (Å²) >= 11 is 0. The molecule has 0 N–H and O–H groups in total. The first kappa shape index (κ1) is 14.7. The van der Waals surface area contributed by atoms with E-state index in [0.29, 0.717) is 11.3 Å². The minimum atomic E-state index is 0.00960. The highest BCUT2D eigenvalue weighted by molar-refractivity contribution is 5.80. The molecule has 23 heavy (non-hydrogen) atoms. The van der Waals surface area contributed by atoms with Crippen LogP contribution in [0.4, 0.5) is 0 Å². The van der Waals surface area contributed by atoms with E-state index < -0.39 is 0 Å². The first-order valence-corrected chi connectivity index (χ1v) is 8.22. The molecular formula is C18H22N2O3. The third-order valence-electron chi connectivity index (χ3n) is 5.16. The van der Waals surface area contributed by atoms with Crippen LogP contribution in [-0.4, -0.2) is 34.0 Å². The fourth-order valence-electron chi connectivity index (χ4n) is 3.98. The Hall–Kier alpha value is -1.88. The third-order valence-corrected chi connectivity index (χ3v) is 5.16. The summed E-state index contributed by atoms with van der Waals surface area (Å²) in [6.07, 6.45) is 7.92. The average Bonchev–Trinajstić information content (AvgIpc) is 3.16. The van der Waals surface area contributed by atoms with Crippen molar-refractivity contribution in [2.24, 2.45) is 0 Å². The van der Waals surface area contributed by atoms with E-state index in [9.17, 15) is 4.79 Å². The van der Waals surface area contributed by atoms with Crippen LogP contribution < -0.4 is 4.74 Å². The van der Waals surface area contributed by atoms with Gasteiger partial charge >= 0.3 is 0 Å². The van der Waals surface area contributed by atoms with Crippen LogP contribution in [0.1, 0.15) is 56.1 Å². The summed E-state index contributed by atoms with van der Waals surface area (Å²) in [5, 5.41) is 0. The average molecular weight is 314 g/mol. The predicted molar refractivity (Wildman–Crippen MR) is 86.2 cm³/mol. The molecule has 4 rings (SSSR count). The zero-order valence-corrected chi connectivity index (χ0v) is 13.8. The Morgan fingerprint density at radius 3 is 2.78 bits per heavy atom. The van der Waals surface area contributed by atoms with Gasteiger partial charge in [0.2, 0.25) is 0 Å². The summed E-state index contributed by atoms with van der Waals surface area (Å²) in [5.74, 6) is 0.594. The molecule has 2 aromatic rings. The SMILES string of the molecule is CC(C)Oc1cc2nc(C34CCC(C)(C3)OC4)cn2cc1C=O. The lowest BCUT2D eigenvalue weighted by Gasteiger charge is -2.24. The quantitative estimate of drug-likeness (QED) is 0.814. The van der Waals surface area contributed by atoms with Crippen LogP contribution >= 0.6 is 0 Å². The van der Waals surface area contributed by atoms with Crippen molar-refractivity contribution in [2.45, 2.75) is 57.2 Å². The van der Waals surface area contributed by atoms with E-state index in [-0.39, 0.29) is 17.1 Å². The van der Waals surface area contributed by atoms with Crippen molar-refractivity contribution in [3.63, 3.8) is 0 Å². The number of aromatic nitrogens is 2. The van der Waals surface area contributed by atoms with Crippen LogP contribution in [0.5, 0.6) is 5.75 Å². The molecule has 2 bridgehead atoms. The number of carbonyl (C=O) groups is 1. The summed E-state index contributed by atoms with van der Waals surface area (Å²) < 4.78 is 13.7. The first-order valence-electron chi connectivity index (χ1n) is 8.22. The molecule has 0 radical (unpaired) electrons. The van der Waals surface area contributed by atoms with E-state index in [2.05, 4.69) is 6.92 Å². The highest BCUT2D eigenvalue weighted by atomic mass is 16.5. The lowest BCUT2D eigenvalue weighted by atomic mass is 9.84. The summed E-state index contributed by atoms with van der Waals surface area (Å²) in [5.41, 5.74) is 2.47. The summed E-state index contributed by atoms with van der Waals surface area (Å²) in [6.45, 7) is 6.83. The van der Waals surface area contributed by atoms with Crippen LogP contribution in [0, 0.1) is 0 Å². The maximum absolute atomic E-state index is 11.3. The summed E-state index contributed by atoms with van der Waals surface area (Å²) in [6, 6.07) is 1.85. The van der Waals surface area contributed by atoms with Crippen molar-refractivity contribution in [3.8, 4) is 5.75 Å². The number of ether oxygens (including phenoxy) is 2. The molecule has 0 spiro atoms. The number of carbonyl (C=O) groups excluding carboxylic acids is 1. The monoisotopic (exact) mass is 314 g/mol. The second kappa shape index (κ2) is 4.81. The molecule has 1 saturated carbocycles. The van der Waals surface area contributed by atoms with Crippen molar-refractivity contribution in [1.82, 2.24) is 9.38 Å². The second-order valence-electron chi connectivity index (χ2n) is 7.46. The van der Waals surface area contributed by atoms with E-state index in [0.717, 1.165) is 43.5 Å². The Morgan fingerprint density at radius 2 is 2.22 bits per heavy atom. The Kier molecular flexibility index (Phi) is 3.07. The van der Waals surface area contributed by atoms with E-state index in [4.69, 9.17) is 14.5 Å². The number of hydrogen-bond acceptors (Lipinski definition) is 4. The molecule has 2 aliphatic rings. The standard InChI is InChI=1S/C18H22N2O3/c1-12(2)23-14-6-16-19-15(8-20(16)7-13(14)9-21)18-5-4-17(3,10-18)22-11-18/h6-9,12H,4-5,10-11H2,1-3H3. The largest absolute Gasteiger partial charge is 0.490 e. The number of nitrogens with zero attached hydrogens (tertiary/aromatic N) is 2. The molecule has 2 fully saturated rings. The topological polar surface area (TPSA) is 52.8 Å².